The van der Waals surface area contributed by atoms with Crippen molar-refractivity contribution in [1.29, 1.82) is 5.26 Å². The van der Waals surface area contributed by atoms with Crippen LogP contribution in [0.5, 0.6) is 0 Å². The van der Waals surface area contributed by atoms with Crippen molar-refractivity contribution in [2.45, 2.75) is 52.0 Å². The molecule has 6 nitrogen and oxygen atoms in total. The molecule has 5 rings (SSSR count). The van der Waals surface area contributed by atoms with Gasteiger partial charge in [0.05, 0.1) is 23.5 Å². The Kier molecular flexibility index (Phi) is 6.24. The number of benzene rings is 2. The Morgan fingerprint density at radius 2 is 1.91 bits per heavy atom. The Labute approximate surface area is 201 Å². The zero-order valence-electron chi connectivity index (χ0n) is 20.1. The summed E-state index contributed by atoms with van der Waals surface area (Å²) in [5.41, 5.74) is 6.34. The minimum absolute atomic E-state index is 0.0252. The third-order valence-corrected chi connectivity index (χ3v) is 7.63. The predicted octanol–water partition coefficient (Wildman–Crippen LogP) is 4.91. The molecule has 2 heterocycles. The van der Waals surface area contributed by atoms with Crippen LogP contribution in [0, 0.1) is 22.7 Å². The minimum Gasteiger partial charge on any atom is -0.396 e. The second-order valence-electron chi connectivity index (χ2n) is 10.6. The highest BCUT2D eigenvalue weighted by atomic mass is 16.3. The van der Waals surface area contributed by atoms with Crippen molar-refractivity contribution in [1.82, 2.24) is 19.9 Å². The lowest BCUT2D eigenvalue weighted by Crippen LogP contribution is -2.42. The van der Waals surface area contributed by atoms with Crippen molar-refractivity contribution in [3.05, 3.63) is 65.4 Å². The number of aliphatic hydroxyl groups excluding tert-OH is 1. The van der Waals surface area contributed by atoms with Gasteiger partial charge in [0.25, 0.3) is 0 Å². The van der Waals surface area contributed by atoms with Gasteiger partial charge in [0.1, 0.15) is 5.69 Å². The Bertz CT molecular complexity index is 1190. The van der Waals surface area contributed by atoms with Crippen molar-refractivity contribution < 1.29 is 5.11 Å². The van der Waals surface area contributed by atoms with Crippen LogP contribution in [0.1, 0.15) is 62.1 Å². The van der Waals surface area contributed by atoms with Gasteiger partial charge in [-0.1, -0.05) is 31.2 Å². The highest BCUT2D eigenvalue weighted by Crippen LogP contribution is 2.43. The van der Waals surface area contributed by atoms with E-state index in [-0.39, 0.29) is 12.0 Å². The summed E-state index contributed by atoms with van der Waals surface area (Å²) >= 11 is 0. The number of likely N-dealkylation sites (tertiary alicyclic amines) is 1. The predicted molar refractivity (Wildman–Crippen MR) is 132 cm³/mol. The van der Waals surface area contributed by atoms with Gasteiger partial charge in [-0.2, -0.15) is 5.26 Å². The van der Waals surface area contributed by atoms with Gasteiger partial charge in [-0.15, -0.1) is 5.10 Å². The second-order valence-corrected chi connectivity index (χ2v) is 10.6. The molecule has 1 atom stereocenters. The maximum atomic E-state index is 9.84. The summed E-state index contributed by atoms with van der Waals surface area (Å²) in [6.07, 6.45) is 6.87. The lowest BCUT2D eigenvalue weighted by molar-refractivity contribution is 0.0381. The van der Waals surface area contributed by atoms with Crippen LogP contribution in [0.25, 0.3) is 16.9 Å². The molecule has 1 saturated carbocycles. The number of aromatic nitrogens is 3. The Morgan fingerprint density at radius 3 is 2.62 bits per heavy atom. The van der Waals surface area contributed by atoms with Crippen molar-refractivity contribution in [2.75, 3.05) is 19.7 Å². The monoisotopic (exact) mass is 455 g/mol. The van der Waals surface area contributed by atoms with E-state index in [0.717, 1.165) is 36.6 Å². The fraction of sp³-hybridized carbons (Fsp3) is 0.464. The number of nitrogens with zero attached hydrogens (tertiary/aromatic N) is 5. The molecule has 176 valence electrons. The van der Waals surface area contributed by atoms with E-state index >= 15 is 0 Å². The molecular weight excluding hydrogens is 422 g/mol. The fourth-order valence-corrected chi connectivity index (χ4v) is 5.09. The first kappa shape index (κ1) is 22.8. The molecule has 0 radical (unpaired) electrons. The van der Waals surface area contributed by atoms with Crippen molar-refractivity contribution in [3.63, 3.8) is 0 Å². The summed E-state index contributed by atoms with van der Waals surface area (Å²) in [4.78, 5) is 2.58. The molecule has 1 saturated heterocycles. The summed E-state index contributed by atoms with van der Waals surface area (Å²) in [6, 6.07) is 16.3. The molecule has 2 fully saturated rings. The van der Waals surface area contributed by atoms with E-state index in [1.807, 2.05) is 18.3 Å². The molecule has 1 aliphatic carbocycles. The van der Waals surface area contributed by atoms with E-state index in [1.54, 1.807) is 16.8 Å². The Hall–Kier alpha value is -3.01. The quantitative estimate of drug-likeness (QED) is 0.547. The van der Waals surface area contributed by atoms with Crippen LogP contribution < -0.4 is 0 Å². The summed E-state index contributed by atoms with van der Waals surface area (Å²) in [5.74, 6) is 1.19. The third-order valence-electron chi connectivity index (χ3n) is 7.63. The lowest BCUT2D eigenvalue weighted by atomic mass is 9.75. The molecule has 2 aliphatic rings. The van der Waals surface area contributed by atoms with Gasteiger partial charge < -0.3 is 5.11 Å². The van der Waals surface area contributed by atoms with Crippen LogP contribution in [0.4, 0.5) is 0 Å². The number of nitriles is 1. The second kappa shape index (κ2) is 9.32. The van der Waals surface area contributed by atoms with Crippen LogP contribution >= 0.6 is 0 Å². The van der Waals surface area contributed by atoms with Gasteiger partial charge in [0, 0.05) is 25.3 Å². The molecule has 1 N–H and O–H groups in total. The van der Waals surface area contributed by atoms with Gasteiger partial charge in [-0.3, -0.25) is 4.90 Å². The van der Waals surface area contributed by atoms with E-state index in [4.69, 9.17) is 5.26 Å². The van der Waals surface area contributed by atoms with Crippen LogP contribution in [-0.2, 0) is 6.54 Å². The van der Waals surface area contributed by atoms with Crippen LogP contribution in [0.3, 0.4) is 0 Å². The summed E-state index contributed by atoms with van der Waals surface area (Å²) < 4.78 is 1.76. The van der Waals surface area contributed by atoms with E-state index in [1.165, 1.54) is 36.8 Å². The normalized spacial score (nSPS) is 19.2. The smallest absolute Gasteiger partial charge is 0.113 e. The molecule has 0 amide bonds. The molecule has 1 aromatic heterocycles. The first-order valence-corrected chi connectivity index (χ1v) is 12.4. The lowest BCUT2D eigenvalue weighted by Gasteiger charge is -2.41. The topological polar surface area (TPSA) is 78.0 Å². The Morgan fingerprint density at radius 1 is 1.12 bits per heavy atom. The molecular formula is C28H33N5O. The van der Waals surface area contributed by atoms with E-state index in [2.05, 4.69) is 53.3 Å². The van der Waals surface area contributed by atoms with Gasteiger partial charge in [0.15, 0.2) is 0 Å². The molecule has 0 bridgehead atoms. The zero-order chi connectivity index (χ0) is 23.7. The van der Waals surface area contributed by atoms with Gasteiger partial charge in [0.2, 0.25) is 0 Å². The third kappa shape index (κ3) is 4.77. The highest BCUT2D eigenvalue weighted by Gasteiger charge is 2.33. The molecule has 2 aromatic carbocycles. The van der Waals surface area contributed by atoms with Crippen molar-refractivity contribution >= 4 is 0 Å². The standard InChI is InChI=1S/C28H33N5O/c1-28(2,19-34)24-4-3-13-32(17-24)16-23-10-9-22(14-26(23)21-7-8-21)27-18-33(31-30-27)25-11-5-20(15-29)6-12-25/h5-6,9-12,14,18,21,24,34H,3-4,7-8,13,16-17,19H2,1-2H3/t24-/m0/s1. The first-order valence-electron chi connectivity index (χ1n) is 12.4. The molecule has 1 aliphatic heterocycles. The number of hydrogen-bond donors (Lipinski definition) is 1. The number of rotatable bonds is 7. The number of piperidine rings is 1. The number of aliphatic hydroxyl groups is 1. The molecule has 6 heteroatoms. The number of hydrogen-bond acceptors (Lipinski definition) is 5. The average molecular weight is 456 g/mol. The van der Waals surface area contributed by atoms with Crippen molar-refractivity contribution in [2.24, 2.45) is 11.3 Å². The first-order chi connectivity index (χ1) is 16.5. The summed E-state index contributed by atoms with van der Waals surface area (Å²) in [6.45, 7) is 7.78. The van der Waals surface area contributed by atoms with Crippen molar-refractivity contribution in [3.8, 4) is 23.0 Å². The summed E-state index contributed by atoms with van der Waals surface area (Å²) in [5, 5.41) is 27.6. The minimum atomic E-state index is -0.0252. The summed E-state index contributed by atoms with van der Waals surface area (Å²) in [7, 11) is 0. The van der Waals surface area contributed by atoms with Gasteiger partial charge in [-0.05, 0) is 90.9 Å². The van der Waals surface area contributed by atoms with Gasteiger partial charge >= 0.3 is 0 Å². The van der Waals surface area contributed by atoms with Crippen LogP contribution in [0.2, 0.25) is 0 Å². The largest absolute Gasteiger partial charge is 0.396 e. The molecule has 34 heavy (non-hydrogen) atoms. The van der Waals surface area contributed by atoms with E-state index < -0.39 is 0 Å². The van der Waals surface area contributed by atoms with Crippen LogP contribution in [-0.4, -0.2) is 44.7 Å². The maximum absolute atomic E-state index is 9.84. The Balaban J connectivity index is 1.35. The zero-order valence-corrected chi connectivity index (χ0v) is 20.1. The van der Waals surface area contributed by atoms with Crippen LogP contribution in [0.15, 0.2) is 48.7 Å². The SMILES string of the molecule is CC(C)(CO)[C@H]1CCCN(Cc2ccc(-c3cn(-c4ccc(C#N)cc4)nn3)cc2C2CC2)C1. The molecule has 0 spiro atoms. The highest BCUT2D eigenvalue weighted by molar-refractivity contribution is 5.61. The molecule has 3 aromatic rings. The molecule has 0 unspecified atom stereocenters. The maximum Gasteiger partial charge on any atom is 0.113 e. The average Bonchev–Trinajstić information content (AvgIpc) is 3.60. The van der Waals surface area contributed by atoms with E-state index in [0.29, 0.717) is 17.4 Å². The fourth-order valence-electron chi connectivity index (χ4n) is 5.09. The van der Waals surface area contributed by atoms with E-state index in [9.17, 15) is 5.11 Å². The van der Waals surface area contributed by atoms with Gasteiger partial charge in [-0.25, -0.2) is 4.68 Å².